The molecule has 114 valence electrons. The van der Waals surface area contributed by atoms with Crippen LogP contribution in [0.15, 0.2) is 22.7 Å². The van der Waals surface area contributed by atoms with Gasteiger partial charge in [-0.15, -0.1) is 0 Å². The van der Waals surface area contributed by atoms with Gasteiger partial charge in [0.1, 0.15) is 0 Å². The van der Waals surface area contributed by atoms with Crippen LogP contribution < -0.4 is 5.32 Å². The zero-order valence-corrected chi connectivity index (χ0v) is 15.7. The van der Waals surface area contributed by atoms with Gasteiger partial charge in [-0.2, -0.15) is 0 Å². The van der Waals surface area contributed by atoms with E-state index in [2.05, 4.69) is 48.7 Å². The molecule has 0 radical (unpaired) electrons. The third-order valence-electron chi connectivity index (χ3n) is 4.73. The van der Waals surface area contributed by atoms with Crippen molar-refractivity contribution in [2.24, 2.45) is 0 Å². The highest BCUT2D eigenvalue weighted by atomic mass is 127. The number of rotatable bonds is 1. The number of carbonyl (C=O) groups is 1. The van der Waals surface area contributed by atoms with Gasteiger partial charge in [0, 0.05) is 27.7 Å². The van der Waals surface area contributed by atoms with Crippen LogP contribution in [0.2, 0.25) is 0 Å². The van der Waals surface area contributed by atoms with Crippen molar-refractivity contribution in [1.82, 2.24) is 10.2 Å². The van der Waals surface area contributed by atoms with Crippen molar-refractivity contribution in [3.05, 3.63) is 31.8 Å². The molecule has 0 unspecified atom stereocenters. The highest BCUT2D eigenvalue weighted by molar-refractivity contribution is 14.1. The van der Waals surface area contributed by atoms with Crippen molar-refractivity contribution in [1.29, 1.82) is 0 Å². The van der Waals surface area contributed by atoms with Gasteiger partial charge in [0.25, 0.3) is 5.91 Å². The second-order valence-corrected chi connectivity index (χ2v) is 8.14. The first kappa shape index (κ1) is 15.7. The molecule has 0 atom stereocenters. The maximum absolute atomic E-state index is 13.1. The fourth-order valence-corrected chi connectivity index (χ4v) is 4.53. The molecule has 2 aliphatic rings. The number of piperazine rings is 1. The van der Waals surface area contributed by atoms with Gasteiger partial charge in [-0.1, -0.05) is 19.3 Å². The van der Waals surface area contributed by atoms with Gasteiger partial charge in [-0.25, -0.2) is 0 Å². The molecule has 1 saturated carbocycles. The second kappa shape index (κ2) is 6.54. The first-order valence-corrected chi connectivity index (χ1v) is 9.47. The van der Waals surface area contributed by atoms with Crippen LogP contribution in [0.3, 0.4) is 0 Å². The lowest BCUT2D eigenvalue weighted by Crippen LogP contribution is -2.63. The minimum atomic E-state index is 0.0360. The van der Waals surface area contributed by atoms with Gasteiger partial charge in [0.2, 0.25) is 0 Å². The molecule has 3 rings (SSSR count). The molecule has 1 saturated heterocycles. The summed E-state index contributed by atoms with van der Waals surface area (Å²) in [4.78, 5) is 15.3. The summed E-state index contributed by atoms with van der Waals surface area (Å²) in [5, 5.41) is 3.50. The van der Waals surface area contributed by atoms with Crippen LogP contribution in [0.4, 0.5) is 0 Å². The molecule has 21 heavy (non-hydrogen) atoms. The Morgan fingerprint density at radius 1 is 1.29 bits per heavy atom. The van der Waals surface area contributed by atoms with Crippen molar-refractivity contribution in [3.8, 4) is 0 Å². The van der Waals surface area contributed by atoms with E-state index in [1.54, 1.807) is 0 Å². The van der Waals surface area contributed by atoms with Gasteiger partial charge in [-0.3, -0.25) is 4.79 Å². The van der Waals surface area contributed by atoms with Crippen LogP contribution in [-0.4, -0.2) is 36.0 Å². The summed E-state index contributed by atoms with van der Waals surface area (Å²) in [6.45, 7) is 2.66. The van der Waals surface area contributed by atoms with E-state index in [9.17, 15) is 4.79 Å². The van der Waals surface area contributed by atoms with Crippen LogP contribution in [0.5, 0.6) is 0 Å². The smallest absolute Gasteiger partial charge is 0.255 e. The van der Waals surface area contributed by atoms with Crippen LogP contribution in [0.25, 0.3) is 0 Å². The molecule has 0 bridgehead atoms. The number of nitrogens with one attached hydrogen (secondary N) is 1. The standard InChI is InChI=1S/C16H20BrIN2O/c17-14-5-4-12(18)10-13(14)15(21)20-9-8-19-11-16(20)6-2-1-3-7-16/h4-5,10,19H,1-3,6-9,11H2. The summed E-state index contributed by atoms with van der Waals surface area (Å²) in [7, 11) is 0. The Bertz CT molecular complexity index is 535. The number of benzene rings is 1. The Hall–Kier alpha value is -0.140. The largest absolute Gasteiger partial charge is 0.330 e. The Morgan fingerprint density at radius 2 is 2.05 bits per heavy atom. The quantitative estimate of drug-likeness (QED) is 0.643. The first-order valence-electron chi connectivity index (χ1n) is 7.60. The highest BCUT2D eigenvalue weighted by Gasteiger charge is 2.42. The maximum Gasteiger partial charge on any atom is 0.255 e. The van der Waals surface area contributed by atoms with E-state index in [4.69, 9.17) is 0 Å². The van der Waals surface area contributed by atoms with Crippen molar-refractivity contribution in [2.45, 2.75) is 37.6 Å². The average molecular weight is 463 g/mol. The van der Waals surface area contributed by atoms with Crippen molar-refractivity contribution in [3.63, 3.8) is 0 Å². The number of carbonyl (C=O) groups excluding carboxylic acids is 1. The van der Waals surface area contributed by atoms with E-state index >= 15 is 0 Å². The summed E-state index contributed by atoms with van der Waals surface area (Å²) in [5.41, 5.74) is 0.836. The van der Waals surface area contributed by atoms with Crippen LogP contribution in [-0.2, 0) is 0 Å². The van der Waals surface area contributed by atoms with E-state index in [-0.39, 0.29) is 11.4 Å². The van der Waals surface area contributed by atoms with Crippen LogP contribution in [0, 0.1) is 3.57 Å². The zero-order valence-electron chi connectivity index (χ0n) is 12.0. The lowest BCUT2D eigenvalue weighted by molar-refractivity contribution is 0.0222. The number of hydrogen-bond donors (Lipinski definition) is 1. The molecule has 1 N–H and O–H groups in total. The topological polar surface area (TPSA) is 32.3 Å². The molecule has 1 aromatic rings. The predicted octanol–water partition coefficient (Wildman–Crippen LogP) is 3.80. The van der Waals surface area contributed by atoms with Gasteiger partial charge in [0.15, 0.2) is 0 Å². The van der Waals surface area contributed by atoms with E-state index in [0.717, 1.165) is 46.1 Å². The molecular formula is C16H20BrIN2O. The second-order valence-electron chi connectivity index (χ2n) is 6.04. The molecule has 1 aliphatic carbocycles. The minimum Gasteiger partial charge on any atom is -0.330 e. The number of hydrogen-bond acceptors (Lipinski definition) is 2. The van der Waals surface area contributed by atoms with Crippen molar-refractivity contribution < 1.29 is 4.79 Å². The number of halogens is 2. The summed E-state index contributed by atoms with van der Waals surface area (Å²) in [6.07, 6.45) is 6.04. The molecule has 1 heterocycles. The highest BCUT2D eigenvalue weighted by Crippen LogP contribution is 2.36. The molecule has 0 aromatic heterocycles. The summed E-state index contributed by atoms with van der Waals surface area (Å²) >= 11 is 5.81. The monoisotopic (exact) mass is 462 g/mol. The molecule has 1 aliphatic heterocycles. The number of amides is 1. The molecule has 5 heteroatoms. The van der Waals surface area contributed by atoms with Gasteiger partial charge in [0.05, 0.1) is 11.1 Å². The van der Waals surface area contributed by atoms with Gasteiger partial charge >= 0.3 is 0 Å². The maximum atomic E-state index is 13.1. The fraction of sp³-hybridized carbons (Fsp3) is 0.562. The Balaban J connectivity index is 1.92. The summed E-state index contributed by atoms with van der Waals surface area (Å²) in [6, 6.07) is 5.99. The average Bonchev–Trinajstić information content (AvgIpc) is 2.50. The third-order valence-corrected chi connectivity index (χ3v) is 6.09. The lowest BCUT2D eigenvalue weighted by Gasteiger charge is -2.50. The minimum absolute atomic E-state index is 0.0360. The van der Waals surface area contributed by atoms with Crippen LogP contribution in [0.1, 0.15) is 42.5 Å². The number of nitrogens with zero attached hydrogens (tertiary/aromatic N) is 1. The van der Waals surface area contributed by atoms with E-state index in [1.807, 2.05) is 18.2 Å². The molecule has 1 amide bonds. The third kappa shape index (κ3) is 3.15. The molecule has 1 aromatic carbocycles. The van der Waals surface area contributed by atoms with Crippen LogP contribution >= 0.6 is 38.5 Å². The Labute approximate surface area is 148 Å². The summed E-state index contributed by atoms with van der Waals surface area (Å²) in [5.74, 6) is 0.184. The first-order chi connectivity index (χ1) is 10.1. The lowest BCUT2D eigenvalue weighted by atomic mass is 9.78. The Kier molecular flexibility index (Phi) is 4.90. The van der Waals surface area contributed by atoms with Crippen molar-refractivity contribution >= 4 is 44.4 Å². The zero-order chi connectivity index (χ0) is 14.9. The Morgan fingerprint density at radius 3 is 2.81 bits per heavy atom. The predicted molar refractivity (Wildman–Crippen MR) is 96.6 cm³/mol. The summed E-state index contributed by atoms with van der Waals surface area (Å²) < 4.78 is 2.00. The molecule has 3 nitrogen and oxygen atoms in total. The van der Waals surface area contributed by atoms with Crippen molar-refractivity contribution in [2.75, 3.05) is 19.6 Å². The van der Waals surface area contributed by atoms with E-state index < -0.39 is 0 Å². The van der Waals surface area contributed by atoms with Gasteiger partial charge < -0.3 is 10.2 Å². The van der Waals surface area contributed by atoms with Gasteiger partial charge in [-0.05, 0) is 69.6 Å². The SMILES string of the molecule is O=C(c1cc(I)ccc1Br)N1CCNCC12CCCCC2. The fourth-order valence-electron chi connectivity index (χ4n) is 3.62. The normalized spacial score (nSPS) is 21.5. The molecular weight excluding hydrogens is 443 g/mol. The molecule has 2 fully saturated rings. The van der Waals surface area contributed by atoms with E-state index in [1.165, 1.54) is 19.3 Å². The molecule has 1 spiro atoms. The van der Waals surface area contributed by atoms with E-state index in [0.29, 0.717) is 0 Å².